The van der Waals surface area contributed by atoms with Crippen molar-refractivity contribution in [3.05, 3.63) is 29.8 Å². The summed E-state index contributed by atoms with van der Waals surface area (Å²) in [6.07, 6.45) is 8.48. The van der Waals surface area contributed by atoms with Crippen LogP contribution in [0.4, 0.5) is 0 Å². The van der Waals surface area contributed by atoms with Gasteiger partial charge < -0.3 is 28.7 Å². The fourth-order valence-corrected chi connectivity index (χ4v) is 7.93. The predicted octanol–water partition coefficient (Wildman–Crippen LogP) is 6.11. The first-order chi connectivity index (χ1) is 23.5. The molecule has 0 unspecified atom stereocenters. The maximum atomic E-state index is 14.3. The number of amides is 1. The molecule has 1 aliphatic carbocycles. The van der Waals surface area contributed by atoms with Crippen molar-refractivity contribution in [2.45, 2.75) is 123 Å². The fraction of sp³-hybridized carbons (Fsp3) is 0.692. The number of hydrogen-bond donors (Lipinski definition) is 0. The number of nitrogens with zero attached hydrogens (tertiary/aromatic N) is 3. The smallest absolute Gasteiger partial charge is 0.328 e. The molecule has 1 aromatic heterocycles. The van der Waals surface area contributed by atoms with Crippen molar-refractivity contribution >= 4 is 28.7 Å². The molecule has 0 radical (unpaired) electrons. The number of hydrogen-bond acceptors (Lipinski definition) is 9. The number of esters is 2. The van der Waals surface area contributed by atoms with E-state index in [1.165, 1.54) is 7.11 Å². The third kappa shape index (κ3) is 8.33. The first-order valence-corrected chi connectivity index (χ1v) is 18.6. The van der Waals surface area contributed by atoms with Crippen molar-refractivity contribution in [3.8, 4) is 11.6 Å². The molecule has 10 nitrogen and oxygen atoms in total. The number of fused-ring (bicyclic) bond motifs is 5. The Morgan fingerprint density at radius 3 is 2.53 bits per heavy atom. The summed E-state index contributed by atoms with van der Waals surface area (Å²) in [6.45, 7) is 11.4. The number of piperidine rings is 1. The Morgan fingerprint density at radius 2 is 1.80 bits per heavy atom. The van der Waals surface area contributed by atoms with Gasteiger partial charge in [-0.3, -0.25) is 9.59 Å². The van der Waals surface area contributed by atoms with Gasteiger partial charge in [0.15, 0.2) is 0 Å². The SMILES string of the molecule is CCCN1CCC(Oc2c3c(nc4ccccc24)O[C@@H]2C[C@@H](C(=O)OC)N(C2)C(=O)[C@H](C(C)(C)C)CC(=O)O[C@@H]2C[C@H]2CCCCC3)CC1. The Kier molecular flexibility index (Phi) is 11.0. The molecule has 49 heavy (non-hydrogen) atoms. The van der Waals surface area contributed by atoms with E-state index in [1.807, 2.05) is 39.0 Å². The van der Waals surface area contributed by atoms with E-state index in [-0.39, 0.29) is 43.5 Å². The average molecular weight is 678 g/mol. The molecule has 6 rings (SSSR count). The number of aromatic nitrogens is 1. The number of para-hydroxylation sites is 1. The van der Waals surface area contributed by atoms with E-state index in [2.05, 4.69) is 17.9 Å². The summed E-state index contributed by atoms with van der Waals surface area (Å²) < 4.78 is 24.8. The number of ether oxygens (including phenoxy) is 4. The molecular weight excluding hydrogens is 622 g/mol. The maximum absolute atomic E-state index is 14.3. The molecular formula is C39H55N3O7. The summed E-state index contributed by atoms with van der Waals surface area (Å²) in [5, 5.41) is 0.981. The molecule has 5 atom stereocenters. The van der Waals surface area contributed by atoms with Gasteiger partial charge in [-0.2, -0.15) is 0 Å². The van der Waals surface area contributed by atoms with Crippen molar-refractivity contribution in [2.75, 3.05) is 33.3 Å². The summed E-state index contributed by atoms with van der Waals surface area (Å²) in [5.74, 6) is -0.0395. The minimum atomic E-state index is -0.828. The van der Waals surface area contributed by atoms with Gasteiger partial charge in [0.05, 0.1) is 37.1 Å². The lowest BCUT2D eigenvalue weighted by atomic mass is 9.77. The number of methoxy groups -OCH3 is 1. The van der Waals surface area contributed by atoms with Crippen LogP contribution in [0.2, 0.25) is 0 Å². The maximum Gasteiger partial charge on any atom is 0.328 e. The largest absolute Gasteiger partial charge is 0.489 e. The van der Waals surface area contributed by atoms with Crippen LogP contribution < -0.4 is 9.47 Å². The Balaban J connectivity index is 1.35. The summed E-state index contributed by atoms with van der Waals surface area (Å²) in [4.78, 5) is 49.7. The molecule has 1 amide bonds. The zero-order chi connectivity index (χ0) is 34.7. The van der Waals surface area contributed by atoms with Crippen LogP contribution in [-0.4, -0.2) is 90.3 Å². The van der Waals surface area contributed by atoms with Crippen molar-refractivity contribution in [2.24, 2.45) is 17.3 Å². The highest BCUT2D eigenvalue weighted by Crippen LogP contribution is 2.42. The zero-order valence-electron chi connectivity index (χ0n) is 30.1. The summed E-state index contributed by atoms with van der Waals surface area (Å²) in [5.41, 5.74) is 1.22. The van der Waals surface area contributed by atoms with Crippen LogP contribution in [-0.2, 0) is 30.3 Å². The van der Waals surface area contributed by atoms with E-state index >= 15 is 0 Å². The minimum absolute atomic E-state index is 0.0318. The number of carbonyl (C=O) groups is 3. The standard InChI is InChI=1S/C39H55N3O7/c1-6-18-41-19-16-26(17-20-41)47-35-28-13-10-11-15-31(28)40-36-29(35)14-9-7-8-12-25-21-33(25)49-34(43)23-30(39(2,3)4)37(44)42-24-27(48-36)22-32(42)38(45)46-5/h10-11,13,15,25-27,30,32-33H,6-9,12,14,16-24H2,1-5H3/t25-,27-,30-,32+,33-/m1/s1. The fourth-order valence-electron chi connectivity index (χ4n) is 7.93. The topological polar surface area (TPSA) is 107 Å². The average Bonchev–Trinajstić information content (AvgIpc) is 3.67. The van der Waals surface area contributed by atoms with Crippen molar-refractivity contribution in [3.63, 3.8) is 0 Å². The van der Waals surface area contributed by atoms with Crippen LogP contribution >= 0.6 is 0 Å². The van der Waals surface area contributed by atoms with Gasteiger partial charge in [-0.25, -0.2) is 9.78 Å². The molecule has 2 aromatic rings. The van der Waals surface area contributed by atoms with E-state index in [0.29, 0.717) is 11.8 Å². The van der Waals surface area contributed by atoms with E-state index in [0.717, 1.165) is 99.6 Å². The number of pyridine rings is 1. The van der Waals surface area contributed by atoms with Crippen LogP contribution in [0.15, 0.2) is 24.3 Å². The molecule has 0 N–H and O–H groups in total. The second kappa shape index (κ2) is 15.2. The molecule has 1 aromatic carbocycles. The van der Waals surface area contributed by atoms with Gasteiger partial charge in [0.2, 0.25) is 11.8 Å². The number of rotatable bonds is 5. The summed E-state index contributed by atoms with van der Waals surface area (Å²) >= 11 is 0. The lowest BCUT2D eigenvalue weighted by molar-refractivity contribution is -0.157. The molecule has 2 saturated heterocycles. The van der Waals surface area contributed by atoms with E-state index in [1.54, 1.807) is 4.90 Å². The third-order valence-electron chi connectivity index (χ3n) is 10.9. The first-order valence-electron chi connectivity index (χ1n) is 18.6. The van der Waals surface area contributed by atoms with Crippen molar-refractivity contribution in [1.29, 1.82) is 0 Å². The highest BCUT2D eigenvalue weighted by Gasteiger charge is 2.47. The van der Waals surface area contributed by atoms with Crippen LogP contribution in [0, 0.1) is 17.3 Å². The normalized spacial score (nSPS) is 27.7. The van der Waals surface area contributed by atoms with Crippen molar-refractivity contribution < 1.29 is 33.3 Å². The second-order valence-corrected chi connectivity index (χ2v) is 15.7. The van der Waals surface area contributed by atoms with Gasteiger partial charge in [-0.05, 0) is 75.0 Å². The highest BCUT2D eigenvalue weighted by atomic mass is 16.6. The monoisotopic (exact) mass is 677 g/mol. The molecule has 1 saturated carbocycles. The molecule has 3 aliphatic heterocycles. The molecule has 4 heterocycles. The Morgan fingerprint density at radius 1 is 1.02 bits per heavy atom. The van der Waals surface area contributed by atoms with Crippen LogP contribution in [0.25, 0.3) is 10.9 Å². The van der Waals surface area contributed by atoms with Gasteiger partial charge in [-0.1, -0.05) is 52.7 Å². The van der Waals surface area contributed by atoms with E-state index in [4.69, 9.17) is 23.9 Å². The Hall–Kier alpha value is -3.40. The van der Waals surface area contributed by atoms with Crippen LogP contribution in [0.5, 0.6) is 11.6 Å². The minimum Gasteiger partial charge on any atom is -0.489 e. The van der Waals surface area contributed by atoms with Crippen molar-refractivity contribution in [1.82, 2.24) is 14.8 Å². The molecule has 4 aliphatic rings. The van der Waals surface area contributed by atoms with Gasteiger partial charge in [-0.15, -0.1) is 0 Å². The quantitative estimate of drug-likeness (QED) is 0.347. The van der Waals surface area contributed by atoms with Gasteiger partial charge in [0, 0.05) is 24.9 Å². The lowest BCUT2D eigenvalue weighted by Gasteiger charge is -2.34. The molecule has 2 bridgehead atoms. The van der Waals surface area contributed by atoms with Gasteiger partial charge in [0.25, 0.3) is 0 Å². The number of carbonyl (C=O) groups excluding carboxylic acids is 3. The second-order valence-electron chi connectivity index (χ2n) is 15.7. The molecule has 3 fully saturated rings. The van der Waals surface area contributed by atoms with E-state index in [9.17, 15) is 14.4 Å². The number of likely N-dealkylation sites (tertiary alicyclic amines) is 1. The summed E-state index contributed by atoms with van der Waals surface area (Å²) in [7, 11) is 1.34. The van der Waals surface area contributed by atoms with Crippen LogP contribution in [0.3, 0.4) is 0 Å². The predicted molar refractivity (Wildman–Crippen MR) is 186 cm³/mol. The highest BCUT2D eigenvalue weighted by molar-refractivity contribution is 5.90. The lowest BCUT2D eigenvalue weighted by Crippen LogP contribution is -2.47. The first kappa shape index (κ1) is 35.4. The van der Waals surface area contributed by atoms with Gasteiger partial charge >= 0.3 is 11.9 Å². The zero-order valence-corrected chi connectivity index (χ0v) is 30.1. The molecule has 10 heteroatoms. The summed E-state index contributed by atoms with van der Waals surface area (Å²) in [6, 6.07) is 7.25. The third-order valence-corrected chi connectivity index (χ3v) is 10.9. The van der Waals surface area contributed by atoms with Crippen LogP contribution in [0.1, 0.15) is 97.5 Å². The van der Waals surface area contributed by atoms with Gasteiger partial charge in [0.1, 0.15) is 30.1 Å². The Bertz CT molecular complexity index is 1500. The number of benzene rings is 1. The molecule has 0 spiro atoms. The molecule has 268 valence electrons. The Labute approximate surface area is 291 Å². The van der Waals surface area contributed by atoms with E-state index < -0.39 is 29.4 Å².